The van der Waals surface area contributed by atoms with Crippen LogP contribution in [0.15, 0.2) is 47.4 Å². The van der Waals surface area contributed by atoms with E-state index in [0.29, 0.717) is 22.9 Å². The Hall–Kier alpha value is -3.31. The number of benzene rings is 2. The number of methoxy groups -OCH3 is 3. The molecule has 2 aromatic rings. The van der Waals surface area contributed by atoms with E-state index in [4.69, 9.17) is 18.9 Å². The van der Waals surface area contributed by atoms with Gasteiger partial charge in [0.25, 0.3) is 5.91 Å². The lowest BCUT2D eigenvalue weighted by Gasteiger charge is -2.15. The number of amides is 1. The molecule has 31 heavy (non-hydrogen) atoms. The van der Waals surface area contributed by atoms with Crippen molar-refractivity contribution in [2.24, 2.45) is 0 Å². The highest BCUT2D eigenvalue weighted by atomic mass is 32.2. The molecule has 11 heteroatoms. The van der Waals surface area contributed by atoms with E-state index in [1.54, 1.807) is 18.2 Å². The maximum absolute atomic E-state index is 12.4. The van der Waals surface area contributed by atoms with E-state index in [2.05, 4.69) is 10.0 Å². The first-order chi connectivity index (χ1) is 14.7. The molecule has 2 aromatic carbocycles. The smallest absolute Gasteiger partial charge is 0.324 e. The minimum atomic E-state index is -3.97. The van der Waals surface area contributed by atoms with Crippen LogP contribution in [-0.4, -0.2) is 54.3 Å². The average Bonchev–Trinajstić information content (AvgIpc) is 2.77. The zero-order valence-corrected chi connectivity index (χ0v) is 18.3. The van der Waals surface area contributed by atoms with Gasteiger partial charge in [-0.3, -0.25) is 9.59 Å². The van der Waals surface area contributed by atoms with Crippen LogP contribution in [0, 0.1) is 0 Å². The Morgan fingerprint density at radius 2 is 1.55 bits per heavy atom. The second kappa shape index (κ2) is 10.6. The Bertz CT molecular complexity index is 1020. The van der Waals surface area contributed by atoms with E-state index in [1.807, 2.05) is 0 Å². The molecule has 0 unspecified atom stereocenters. The van der Waals surface area contributed by atoms with Gasteiger partial charge < -0.3 is 24.3 Å². The minimum Gasteiger partial charge on any atom is -0.497 e. The molecule has 0 saturated carbocycles. The Morgan fingerprint density at radius 3 is 2.13 bits per heavy atom. The normalized spacial score (nSPS) is 11.9. The molecule has 0 aliphatic heterocycles. The molecule has 0 aromatic heterocycles. The fraction of sp³-hybridized carbons (Fsp3) is 0.300. The van der Waals surface area contributed by atoms with Crippen LogP contribution in [-0.2, 0) is 24.3 Å². The van der Waals surface area contributed by atoms with Crippen molar-refractivity contribution in [3.63, 3.8) is 0 Å². The number of sulfonamides is 1. The molecular formula is C20H24N2O8S. The molecule has 1 atom stereocenters. The number of esters is 1. The van der Waals surface area contributed by atoms with Crippen LogP contribution in [0.1, 0.15) is 6.92 Å². The molecular weight excluding hydrogens is 428 g/mol. The van der Waals surface area contributed by atoms with Crippen LogP contribution < -0.4 is 24.2 Å². The average molecular weight is 452 g/mol. The lowest BCUT2D eigenvalue weighted by atomic mass is 10.2. The highest BCUT2D eigenvalue weighted by Gasteiger charge is 2.24. The maximum atomic E-state index is 12.4. The summed E-state index contributed by atoms with van der Waals surface area (Å²) in [5.41, 5.74) is 0.330. The summed E-state index contributed by atoms with van der Waals surface area (Å²) < 4.78 is 47.1. The lowest BCUT2D eigenvalue weighted by Crippen LogP contribution is -2.40. The predicted molar refractivity (Wildman–Crippen MR) is 112 cm³/mol. The van der Waals surface area contributed by atoms with Crippen molar-refractivity contribution in [2.75, 3.05) is 33.3 Å². The Morgan fingerprint density at radius 1 is 0.935 bits per heavy atom. The number of hydrogen-bond acceptors (Lipinski definition) is 8. The Kier molecular flexibility index (Phi) is 8.22. The number of hydrogen-bond donors (Lipinski definition) is 2. The van der Waals surface area contributed by atoms with E-state index >= 15 is 0 Å². The highest BCUT2D eigenvalue weighted by Crippen LogP contribution is 2.28. The van der Waals surface area contributed by atoms with Gasteiger partial charge in [0, 0.05) is 6.07 Å². The standard InChI is InChI=1S/C20H24N2O8S/c1-13(22-31(25,26)16-8-5-14(27-2)6-9-16)20(24)30-12-19(23)21-17-11-15(28-3)7-10-18(17)29-4/h5-11,13,22H,12H2,1-4H3,(H,21,23)/t13-/m0/s1. The summed E-state index contributed by atoms with van der Waals surface area (Å²) >= 11 is 0. The highest BCUT2D eigenvalue weighted by molar-refractivity contribution is 7.89. The summed E-state index contributed by atoms with van der Waals surface area (Å²) in [6, 6.07) is 9.24. The first kappa shape index (κ1) is 24.0. The summed E-state index contributed by atoms with van der Waals surface area (Å²) in [4.78, 5) is 24.2. The lowest BCUT2D eigenvalue weighted by molar-refractivity contribution is -0.148. The second-order valence-corrected chi connectivity index (χ2v) is 7.95. The van der Waals surface area contributed by atoms with Gasteiger partial charge in [0.15, 0.2) is 6.61 Å². The van der Waals surface area contributed by atoms with E-state index < -0.39 is 34.5 Å². The van der Waals surface area contributed by atoms with Gasteiger partial charge in [-0.1, -0.05) is 0 Å². The molecule has 0 aliphatic carbocycles. The second-order valence-electron chi connectivity index (χ2n) is 6.24. The third-order valence-electron chi connectivity index (χ3n) is 4.08. The van der Waals surface area contributed by atoms with Gasteiger partial charge in [-0.05, 0) is 43.3 Å². The minimum absolute atomic E-state index is 0.0455. The Labute approximate surface area is 180 Å². The summed E-state index contributed by atoms with van der Waals surface area (Å²) in [5, 5.41) is 2.54. The molecule has 10 nitrogen and oxygen atoms in total. The van der Waals surface area contributed by atoms with Crippen molar-refractivity contribution in [1.29, 1.82) is 0 Å². The number of ether oxygens (including phenoxy) is 4. The molecule has 0 fully saturated rings. The number of rotatable bonds is 10. The van der Waals surface area contributed by atoms with Crippen molar-refractivity contribution >= 4 is 27.6 Å². The van der Waals surface area contributed by atoms with Crippen molar-refractivity contribution in [3.05, 3.63) is 42.5 Å². The molecule has 0 radical (unpaired) electrons. The van der Waals surface area contributed by atoms with Gasteiger partial charge in [0.05, 0.1) is 31.9 Å². The molecule has 0 bridgehead atoms. The van der Waals surface area contributed by atoms with E-state index in [0.717, 1.165) is 0 Å². The zero-order valence-electron chi connectivity index (χ0n) is 17.5. The molecule has 1 amide bonds. The van der Waals surface area contributed by atoms with Crippen molar-refractivity contribution in [1.82, 2.24) is 4.72 Å². The first-order valence-electron chi connectivity index (χ1n) is 9.05. The van der Waals surface area contributed by atoms with Gasteiger partial charge in [-0.15, -0.1) is 0 Å². The van der Waals surface area contributed by atoms with E-state index in [1.165, 1.54) is 52.5 Å². The number of carbonyl (C=O) groups excluding carboxylic acids is 2. The summed E-state index contributed by atoms with van der Waals surface area (Å²) in [7, 11) is 0.402. The Balaban J connectivity index is 1.93. The maximum Gasteiger partial charge on any atom is 0.324 e. The van der Waals surface area contributed by atoms with Crippen LogP contribution in [0.2, 0.25) is 0 Å². The van der Waals surface area contributed by atoms with Crippen LogP contribution >= 0.6 is 0 Å². The van der Waals surface area contributed by atoms with Crippen LogP contribution in [0.4, 0.5) is 5.69 Å². The molecule has 168 valence electrons. The fourth-order valence-corrected chi connectivity index (χ4v) is 3.66. The first-order valence-corrected chi connectivity index (χ1v) is 10.5. The van der Waals surface area contributed by atoms with Gasteiger partial charge in [0.2, 0.25) is 10.0 Å². The molecule has 0 aliphatic rings. The van der Waals surface area contributed by atoms with Crippen molar-refractivity contribution in [3.8, 4) is 17.2 Å². The predicted octanol–water partition coefficient (Wildman–Crippen LogP) is 1.56. The van der Waals surface area contributed by atoms with Crippen LogP contribution in [0.3, 0.4) is 0 Å². The summed E-state index contributed by atoms with van der Waals surface area (Å²) in [6.45, 7) is 0.695. The third kappa shape index (κ3) is 6.59. The quantitative estimate of drug-likeness (QED) is 0.520. The van der Waals surface area contributed by atoms with Crippen molar-refractivity contribution in [2.45, 2.75) is 17.9 Å². The SMILES string of the molecule is COc1ccc(S(=O)(=O)N[C@@H](C)C(=O)OCC(=O)Nc2cc(OC)ccc2OC)cc1. The fourth-order valence-electron chi connectivity index (χ4n) is 2.46. The van der Waals surface area contributed by atoms with Crippen molar-refractivity contribution < 1.29 is 37.0 Å². The molecule has 0 heterocycles. The number of nitrogens with one attached hydrogen (secondary N) is 2. The molecule has 2 N–H and O–H groups in total. The molecule has 0 saturated heterocycles. The topological polar surface area (TPSA) is 129 Å². The molecule has 0 spiro atoms. The summed E-state index contributed by atoms with van der Waals surface area (Å²) in [6.07, 6.45) is 0. The van der Waals surface area contributed by atoms with E-state index in [-0.39, 0.29) is 4.90 Å². The van der Waals surface area contributed by atoms with Gasteiger partial charge in [0.1, 0.15) is 23.3 Å². The molecule has 2 rings (SSSR count). The largest absolute Gasteiger partial charge is 0.497 e. The van der Waals surface area contributed by atoms with Gasteiger partial charge >= 0.3 is 5.97 Å². The van der Waals surface area contributed by atoms with Gasteiger partial charge in [-0.25, -0.2) is 8.42 Å². The van der Waals surface area contributed by atoms with E-state index in [9.17, 15) is 18.0 Å². The number of carbonyl (C=O) groups is 2. The zero-order chi connectivity index (χ0) is 23.0. The van der Waals surface area contributed by atoms with Gasteiger partial charge in [-0.2, -0.15) is 4.72 Å². The summed E-state index contributed by atoms with van der Waals surface area (Å²) in [5.74, 6) is -0.171. The third-order valence-corrected chi connectivity index (χ3v) is 5.64. The monoisotopic (exact) mass is 452 g/mol. The van der Waals surface area contributed by atoms with Crippen LogP contribution in [0.5, 0.6) is 17.2 Å². The van der Waals surface area contributed by atoms with Crippen LogP contribution in [0.25, 0.3) is 0 Å². The number of anilines is 1.